The molecule has 0 aliphatic rings. The predicted octanol–water partition coefficient (Wildman–Crippen LogP) is 2.87. The molecule has 2 rings (SSSR count). The van der Waals surface area contributed by atoms with Crippen LogP contribution in [-0.2, 0) is 6.54 Å². The Morgan fingerprint density at radius 2 is 2.05 bits per heavy atom. The quantitative estimate of drug-likeness (QED) is 0.784. The highest BCUT2D eigenvalue weighted by Gasteiger charge is 2.10. The first-order chi connectivity index (χ1) is 10.3. The number of hydrogen-bond acceptors (Lipinski definition) is 4. The molecule has 1 aromatic heterocycles. The number of likely N-dealkylation sites (N-methyl/N-ethyl adjacent to an activating group) is 1. The van der Waals surface area contributed by atoms with Gasteiger partial charge in [-0.1, -0.05) is 32.0 Å². The molecular formula is C17H25N3O. The van der Waals surface area contributed by atoms with Crippen molar-refractivity contribution in [2.75, 3.05) is 31.6 Å². The Bertz CT molecular complexity index is 571. The van der Waals surface area contributed by atoms with Gasteiger partial charge in [-0.05, 0) is 25.1 Å². The number of pyridine rings is 1. The highest BCUT2D eigenvalue weighted by atomic mass is 16.3. The van der Waals surface area contributed by atoms with Crippen LogP contribution in [0.5, 0.6) is 0 Å². The number of nitrogens with one attached hydrogen (secondary N) is 1. The van der Waals surface area contributed by atoms with E-state index in [-0.39, 0.29) is 6.61 Å². The minimum Gasteiger partial charge on any atom is -0.395 e. The van der Waals surface area contributed by atoms with Crippen molar-refractivity contribution in [3.63, 3.8) is 0 Å². The van der Waals surface area contributed by atoms with Crippen molar-refractivity contribution in [1.82, 2.24) is 9.88 Å². The van der Waals surface area contributed by atoms with E-state index in [2.05, 4.69) is 36.2 Å². The molecule has 0 saturated heterocycles. The topological polar surface area (TPSA) is 48.4 Å². The summed E-state index contributed by atoms with van der Waals surface area (Å²) in [5.74, 6) is 0.965. The van der Waals surface area contributed by atoms with Crippen molar-refractivity contribution in [1.29, 1.82) is 0 Å². The van der Waals surface area contributed by atoms with Gasteiger partial charge in [0.1, 0.15) is 5.82 Å². The molecule has 2 aromatic rings. The lowest BCUT2D eigenvalue weighted by atomic mass is 10.1. The third-order valence-corrected chi connectivity index (χ3v) is 3.60. The summed E-state index contributed by atoms with van der Waals surface area (Å²) in [6, 6.07) is 10.4. The van der Waals surface area contributed by atoms with E-state index in [0.29, 0.717) is 6.54 Å². The molecule has 0 fully saturated rings. The van der Waals surface area contributed by atoms with E-state index in [9.17, 15) is 0 Å². The zero-order chi connectivity index (χ0) is 15.1. The number of benzene rings is 1. The van der Waals surface area contributed by atoms with Crippen molar-refractivity contribution in [2.24, 2.45) is 0 Å². The summed E-state index contributed by atoms with van der Waals surface area (Å²) in [5, 5.41) is 13.7. The first kappa shape index (κ1) is 15.7. The number of rotatable bonds is 8. The summed E-state index contributed by atoms with van der Waals surface area (Å²) in [4.78, 5) is 6.98. The Balaban J connectivity index is 2.32. The normalized spacial score (nSPS) is 11.2. The van der Waals surface area contributed by atoms with Crippen LogP contribution in [0.1, 0.15) is 25.8 Å². The zero-order valence-electron chi connectivity index (χ0n) is 13.0. The summed E-state index contributed by atoms with van der Waals surface area (Å²) in [6.45, 7) is 7.79. The number of aliphatic hydroxyl groups excluding tert-OH is 1. The van der Waals surface area contributed by atoms with Gasteiger partial charge in [-0.25, -0.2) is 4.98 Å². The van der Waals surface area contributed by atoms with Crippen molar-refractivity contribution in [3.8, 4) is 0 Å². The second kappa shape index (κ2) is 7.96. The third kappa shape index (κ3) is 4.16. The standard InChI is InChI=1S/C17H25N3O/c1-3-9-18-17-15(13-20(4-2)10-11-21)12-14-7-5-6-8-16(14)19-17/h5-8,12,21H,3-4,9-11,13H2,1-2H3,(H,18,19). The second-order valence-corrected chi connectivity index (χ2v) is 5.21. The minimum absolute atomic E-state index is 0.187. The lowest BCUT2D eigenvalue weighted by Crippen LogP contribution is -2.26. The summed E-state index contributed by atoms with van der Waals surface area (Å²) in [5.41, 5.74) is 2.21. The Morgan fingerprint density at radius 3 is 2.76 bits per heavy atom. The van der Waals surface area contributed by atoms with E-state index in [0.717, 1.165) is 42.8 Å². The molecule has 0 aliphatic heterocycles. The Labute approximate surface area is 126 Å². The van der Waals surface area contributed by atoms with Gasteiger partial charge in [0, 0.05) is 30.6 Å². The Kier molecular flexibility index (Phi) is 5.96. The fourth-order valence-corrected chi connectivity index (χ4v) is 2.41. The van der Waals surface area contributed by atoms with Crippen LogP contribution in [0.3, 0.4) is 0 Å². The highest BCUT2D eigenvalue weighted by molar-refractivity contribution is 5.81. The third-order valence-electron chi connectivity index (χ3n) is 3.60. The maximum atomic E-state index is 9.16. The number of aromatic nitrogens is 1. The fraction of sp³-hybridized carbons (Fsp3) is 0.471. The molecule has 21 heavy (non-hydrogen) atoms. The molecular weight excluding hydrogens is 262 g/mol. The van der Waals surface area contributed by atoms with Crippen LogP contribution >= 0.6 is 0 Å². The number of hydrogen-bond donors (Lipinski definition) is 2. The molecule has 2 N–H and O–H groups in total. The molecule has 114 valence electrons. The fourth-order valence-electron chi connectivity index (χ4n) is 2.41. The van der Waals surface area contributed by atoms with Crippen molar-refractivity contribution < 1.29 is 5.11 Å². The van der Waals surface area contributed by atoms with E-state index < -0.39 is 0 Å². The molecule has 0 aliphatic carbocycles. The lowest BCUT2D eigenvalue weighted by Gasteiger charge is -2.21. The minimum atomic E-state index is 0.187. The van der Waals surface area contributed by atoms with Gasteiger partial charge in [-0.2, -0.15) is 0 Å². The molecule has 1 aromatic carbocycles. The number of fused-ring (bicyclic) bond motifs is 1. The first-order valence-electron chi connectivity index (χ1n) is 7.74. The molecule has 4 heteroatoms. The molecule has 4 nitrogen and oxygen atoms in total. The number of para-hydroxylation sites is 1. The highest BCUT2D eigenvalue weighted by Crippen LogP contribution is 2.22. The molecule has 0 unspecified atom stereocenters. The van der Waals surface area contributed by atoms with Crippen LogP contribution in [0.2, 0.25) is 0 Å². The van der Waals surface area contributed by atoms with Gasteiger partial charge in [0.25, 0.3) is 0 Å². The Morgan fingerprint density at radius 1 is 1.24 bits per heavy atom. The smallest absolute Gasteiger partial charge is 0.131 e. The van der Waals surface area contributed by atoms with Crippen molar-refractivity contribution in [3.05, 3.63) is 35.9 Å². The van der Waals surface area contributed by atoms with Gasteiger partial charge in [0.15, 0.2) is 0 Å². The summed E-state index contributed by atoms with van der Waals surface area (Å²) < 4.78 is 0. The van der Waals surface area contributed by atoms with Crippen LogP contribution in [0, 0.1) is 0 Å². The molecule has 1 heterocycles. The SMILES string of the molecule is CCCNc1nc2ccccc2cc1CN(CC)CCO. The largest absolute Gasteiger partial charge is 0.395 e. The second-order valence-electron chi connectivity index (χ2n) is 5.21. The summed E-state index contributed by atoms with van der Waals surface area (Å²) in [7, 11) is 0. The van der Waals surface area contributed by atoms with Crippen LogP contribution in [0.4, 0.5) is 5.82 Å². The molecule has 0 radical (unpaired) electrons. The molecule has 0 spiro atoms. The average molecular weight is 287 g/mol. The maximum Gasteiger partial charge on any atom is 0.131 e. The van der Waals surface area contributed by atoms with Gasteiger partial charge >= 0.3 is 0 Å². The molecule has 0 amide bonds. The Hall–Kier alpha value is -1.65. The summed E-state index contributed by atoms with van der Waals surface area (Å²) in [6.07, 6.45) is 1.07. The van der Waals surface area contributed by atoms with E-state index in [1.54, 1.807) is 0 Å². The van der Waals surface area contributed by atoms with Gasteiger partial charge in [0.05, 0.1) is 12.1 Å². The number of nitrogens with zero attached hydrogens (tertiary/aromatic N) is 2. The molecule has 0 atom stereocenters. The van der Waals surface area contributed by atoms with Gasteiger partial charge in [-0.3, -0.25) is 4.90 Å². The molecule has 0 bridgehead atoms. The first-order valence-corrected chi connectivity index (χ1v) is 7.74. The van der Waals surface area contributed by atoms with E-state index in [4.69, 9.17) is 10.1 Å². The predicted molar refractivity (Wildman–Crippen MR) is 88.6 cm³/mol. The van der Waals surface area contributed by atoms with E-state index >= 15 is 0 Å². The monoisotopic (exact) mass is 287 g/mol. The number of aliphatic hydroxyl groups is 1. The summed E-state index contributed by atoms with van der Waals surface area (Å²) >= 11 is 0. The van der Waals surface area contributed by atoms with Gasteiger partial charge < -0.3 is 10.4 Å². The maximum absolute atomic E-state index is 9.16. The van der Waals surface area contributed by atoms with E-state index in [1.165, 1.54) is 5.56 Å². The number of anilines is 1. The zero-order valence-corrected chi connectivity index (χ0v) is 13.0. The van der Waals surface area contributed by atoms with Crippen LogP contribution in [0.15, 0.2) is 30.3 Å². The van der Waals surface area contributed by atoms with E-state index in [1.807, 2.05) is 18.2 Å². The van der Waals surface area contributed by atoms with Crippen LogP contribution < -0.4 is 5.32 Å². The average Bonchev–Trinajstić information content (AvgIpc) is 2.52. The van der Waals surface area contributed by atoms with Crippen LogP contribution in [-0.4, -0.2) is 41.2 Å². The van der Waals surface area contributed by atoms with Crippen molar-refractivity contribution >= 4 is 16.7 Å². The van der Waals surface area contributed by atoms with Crippen molar-refractivity contribution in [2.45, 2.75) is 26.8 Å². The lowest BCUT2D eigenvalue weighted by molar-refractivity contribution is 0.197. The molecule has 0 saturated carbocycles. The van der Waals surface area contributed by atoms with Crippen LogP contribution in [0.25, 0.3) is 10.9 Å². The van der Waals surface area contributed by atoms with Gasteiger partial charge in [0.2, 0.25) is 0 Å². The van der Waals surface area contributed by atoms with Gasteiger partial charge in [-0.15, -0.1) is 0 Å².